The van der Waals surface area contributed by atoms with Crippen LogP contribution in [-0.4, -0.2) is 29.3 Å². The molecule has 2 N–H and O–H groups in total. The molecular formula is C19H33N3O3Si. The first kappa shape index (κ1) is 20.5. The minimum atomic E-state index is -1.84. The fourth-order valence-electron chi connectivity index (χ4n) is 2.78. The van der Waals surface area contributed by atoms with Gasteiger partial charge in [0, 0.05) is 18.4 Å². The first-order valence-electron chi connectivity index (χ1n) is 9.21. The van der Waals surface area contributed by atoms with E-state index in [-0.39, 0.29) is 16.5 Å². The first-order chi connectivity index (χ1) is 11.7. The molecule has 0 bridgehead atoms. The molecule has 1 aliphatic rings. The quantitative estimate of drug-likeness (QED) is 0.676. The van der Waals surface area contributed by atoms with Gasteiger partial charge in [-0.1, -0.05) is 20.8 Å². The first-order valence-corrected chi connectivity index (χ1v) is 12.1. The fraction of sp³-hybridized carbons (Fsp3) is 0.684. The minimum Gasteiger partial charge on any atom is -0.547 e. The monoisotopic (exact) mass is 379 g/mol. The van der Waals surface area contributed by atoms with Gasteiger partial charge in [-0.25, -0.2) is 9.48 Å². The lowest BCUT2D eigenvalue weighted by atomic mass is 10.1. The van der Waals surface area contributed by atoms with Crippen molar-refractivity contribution in [2.45, 2.75) is 84.0 Å². The van der Waals surface area contributed by atoms with Crippen LogP contribution in [0.2, 0.25) is 18.1 Å². The van der Waals surface area contributed by atoms with Gasteiger partial charge < -0.3 is 9.53 Å². The van der Waals surface area contributed by atoms with Crippen molar-refractivity contribution in [3.8, 4) is 0 Å². The summed E-state index contributed by atoms with van der Waals surface area (Å²) in [7, 11) is -1.84. The standard InChI is InChI=1S/C19H33N3O3Si/c1-18(2,3)22-16(20-17(23)24)12-15(21-22)13-9-10-14(11-13)25-26(7,8)19(4,5)6/h11-13,20H,9-10H2,1-8H3,(H,23,24). The van der Waals surface area contributed by atoms with Crippen LogP contribution in [0.3, 0.4) is 0 Å². The summed E-state index contributed by atoms with van der Waals surface area (Å²) in [5.74, 6) is 1.72. The highest BCUT2D eigenvalue weighted by molar-refractivity contribution is 6.74. The van der Waals surface area contributed by atoms with Crippen molar-refractivity contribution >= 4 is 20.2 Å². The van der Waals surface area contributed by atoms with E-state index in [9.17, 15) is 4.79 Å². The molecule has 0 fully saturated rings. The molecule has 0 radical (unpaired) electrons. The molecule has 6 nitrogen and oxygen atoms in total. The van der Waals surface area contributed by atoms with Gasteiger partial charge in [-0.3, -0.25) is 5.32 Å². The lowest BCUT2D eigenvalue weighted by molar-refractivity contribution is 0.209. The second kappa shape index (κ2) is 6.76. The molecule has 0 saturated carbocycles. The Labute approximate surface area is 157 Å². The van der Waals surface area contributed by atoms with Crippen molar-refractivity contribution in [2.24, 2.45) is 0 Å². The molecule has 1 heterocycles. The van der Waals surface area contributed by atoms with E-state index >= 15 is 0 Å². The van der Waals surface area contributed by atoms with Gasteiger partial charge in [0.05, 0.1) is 17.0 Å². The van der Waals surface area contributed by atoms with E-state index in [0.29, 0.717) is 5.82 Å². The number of nitrogens with zero attached hydrogens (tertiary/aromatic N) is 2. The van der Waals surface area contributed by atoms with Crippen LogP contribution in [0.5, 0.6) is 0 Å². The number of aromatic nitrogens is 2. The summed E-state index contributed by atoms with van der Waals surface area (Å²) < 4.78 is 8.19. The molecule has 0 spiro atoms. The Morgan fingerprint density at radius 3 is 2.42 bits per heavy atom. The Morgan fingerprint density at radius 2 is 1.92 bits per heavy atom. The molecule has 1 aromatic rings. The average Bonchev–Trinajstić information content (AvgIpc) is 3.02. The van der Waals surface area contributed by atoms with Crippen molar-refractivity contribution in [1.82, 2.24) is 9.78 Å². The Balaban J connectivity index is 2.26. The van der Waals surface area contributed by atoms with Crippen molar-refractivity contribution in [1.29, 1.82) is 0 Å². The summed E-state index contributed by atoms with van der Waals surface area (Å²) in [6.07, 6.45) is 2.94. The topological polar surface area (TPSA) is 76.4 Å². The third-order valence-corrected chi connectivity index (χ3v) is 9.64. The molecule has 0 aromatic carbocycles. The SMILES string of the molecule is CC(C)(C)n1nc(C2C=C(O[Si](C)(C)C(C)(C)C)CC2)cc1NC(=O)O. The molecule has 7 heteroatoms. The van der Waals surface area contributed by atoms with Gasteiger partial charge >= 0.3 is 6.09 Å². The van der Waals surface area contributed by atoms with Gasteiger partial charge in [0.15, 0.2) is 0 Å². The van der Waals surface area contributed by atoms with E-state index < -0.39 is 14.4 Å². The van der Waals surface area contributed by atoms with Crippen LogP contribution in [0.15, 0.2) is 17.9 Å². The zero-order valence-corrected chi connectivity index (χ0v) is 18.3. The average molecular weight is 380 g/mol. The van der Waals surface area contributed by atoms with Gasteiger partial charge in [0.2, 0.25) is 8.32 Å². The molecule has 0 aliphatic heterocycles. The second-order valence-corrected chi connectivity index (χ2v) is 14.3. The van der Waals surface area contributed by atoms with Gasteiger partial charge in [0.1, 0.15) is 5.82 Å². The number of hydrogen-bond donors (Lipinski definition) is 2. The number of nitrogens with one attached hydrogen (secondary N) is 1. The van der Waals surface area contributed by atoms with Crippen LogP contribution < -0.4 is 5.32 Å². The van der Waals surface area contributed by atoms with Crippen LogP contribution in [-0.2, 0) is 9.96 Å². The summed E-state index contributed by atoms with van der Waals surface area (Å²) in [6, 6.07) is 1.84. The number of anilines is 1. The highest BCUT2D eigenvalue weighted by Gasteiger charge is 2.40. The van der Waals surface area contributed by atoms with E-state index in [0.717, 1.165) is 24.3 Å². The van der Waals surface area contributed by atoms with Crippen molar-refractivity contribution < 1.29 is 14.3 Å². The lowest BCUT2D eigenvalue weighted by Crippen LogP contribution is -2.40. The van der Waals surface area contributed by atoms with E-state index in [1.165, 1.54) is 0 Å². The number of rotatable bonds is 4. The molecule has 0 saturated heterocycles. The van der Waals surface area contributed by atoms with Gasteiger partial charge in [0.25, 0.3) is 0 Å². The maximum Gasteiger partial charge on any atom is 0.410 e. The van der Waals surface area contributed by atoms with Gasteiger partial charge in [-0.15, -0.1) is 0 Å². The number of amides is 1. The predicted octanol–water partition coefficient (Wildman–Crippen LogP) is 5.51. The zero-order chi connectivity index (χ0) is 19.9. The molecule has 1 aromatic heterocycles. The van der Waals surface area contributed by atoms with Crippen LogP contribution in [0.25, 0.3) is 0 Å². The smallest absolute Gasteiger partial charge is 0.410 e. The maximum absolute atomic E-state index is 11.1. The third-order valence-electron chi connectivity index (χ3n) is 5.26. The molecule has 2 rings (SSSR count). The van der Waals surface area contributed by atoms with Crippen LogP contribution in [0.4, 0.5) is 10.6 Å². The van der Waals surface area contributed by atoms with Crippen molar-refractivity contribution in [3.63, 3.8) is 0 Å². The Morgan fingerprint density at radius 1 is 1.31 bits per heavy atom. The highest BCUT2D eigenvalue weighted by atomic mass is 28.4. The number of carboxylic acid groups (broad SMARTS) is 1. The van der Waals surface area contributed by atoms with E-state index in [1.807, 2.05) is 26.8 Å². The van der Waals surface area contributed by atoms with Crippen LogP contribution in [0.1, 0.15) is 66.0 Å². The normalized spacial score (nSPS) is 18.6. The molecule has 1 aliphatic carbocycles. The van der Waals surface area contributed by atoms with E-state index in [1.54, 1.807) is 4.68 Å². The largest absolute Gasteiger partial charge is 0.547 e. The summed E-state index contributed by atoms with van der Waals surface area (Å²) in [5.41, 5.74) is 0.580. The van der Waals surface area contributed by atoms with Gasteiger partial charge in [-0.05, 0) is 51.4 Å². The Kier molecular flexibility index (Phi) is 5.34. The van der Waals surface area contributed by atoms with Crippen molar-refractivity contribution in [2.75, 3.05) is 5.32 Å². The summed E-state index contributed by atoms with van der Waals surface area (Å²) in [6.45, 7) is 17.2. The predicted molar refractivity (Wildman–Crippen MR) is 107 cm³/mol. The third kappa shape index (κ3) is 4.49. The van der Waals surface area contributed by atoms with Crippen molar-refractivity contribution in [3.05, 3.63) is 23.6 Å². The van der Waals surface area contributed by atoms with E-state index in [4.69, 9.17) is 14.6 Å². The summed E-state index contributed by atoms with van der Waals surface area (Å²) >= 11 is 0. The fourth-order valence-corrected chi connectivity index (χ4v) is 3.91. The van der Waals surface area contributed by atoms with Crippen LogP contribution >= 0.6 is 0 Å². The number of carbonyl (C=O) groups is 1. The second-order valence-electron chi connectivity index (χ2n) is 9.61. The molecule has 1 amide bonds. The molecule has 1 unspecified atom stereocenters. The number of hydrogen-bond acceptors (Lipinski definition) is 3. The Bertz CT molecular complexity index is 709. The van der Waals surface area contributed by atoms with Crippen LogP contribution in [0, 0.1) is 0 Å². The summed E-state index contributed by atoms with van der Waals surface area (Å²) in [4.78, 5) is 11.1. The summed E-state index contributed by atoms with van der Waals surface area (Å²) in [5, 5.41) is 16.4. The lowest BCUT2D eigenvalue weighted by Gasteiger charge is -2.36. The molecule has 1 atom stereocenters. The molecular weight excluding hydrogens is 346 g/mol. The highest BCUT2D eigenvalue weighted by Crippen LogP contribution is 2.41. The van der Waals surface area contributed by atoms with Gasteiger partial charge in [-0.2, -0.15) is 5.10 Å². The molecule has 146 valence electrons. The Hall–Kier alpha value is -1.76. The zero-order valence-electron chi connectivity index (χ0n) is 17.3. The molecule has 26 heavy (non-hydrogen) atoms. The van der Waals surface area contributed by atoms with E-state index in [2.05, 4.69) is 45.3 Å². The minimum absolute atomic E-state index is 0.160. The number of allylic oxidation sites excluding steroid dienone is 2. The maximum atomic E-state index is 11.1.